The van der Waals surface area contributed by atoms with E-state index < -0.39 is 10.0 Å². The predicted octanol–water partition coefficient (Wildman–Crippen LogP) is 3.63. The molecular weight excluding hydrogens is 386 g/mol. The number of esters is 1. The van der Waals surface area contributed by atoms with Crippen molar-refractivity contribution in [2.24, 2.45) is 5.92 Å². The first-order valence-electron chi connectivity index (χ1n) is 10.3. The summed E-state index contributed by atoms with van der Waals surface area (Å²) in [5.74, 6) is -0.478. The first-order valence-corrected chi connectivity index (χ1v) is 11.7. The summed E-state index contributed by atoms with van der Waals surface area (Å²) in [5, 5.41) is 0. The minimum atomic E-state index is -3.51. The number of nitrogens with zero attached hydrogens (tertiary/aromatic N) is 1. The second kappa shape index (κ2) is 8.28. The van der Waals surface area contributed by atoms with Gasteiger partial charge in [0, 0.05) is 13.1 Å². The molecule has 4 rings (SSSR count). The van der Waals surface area contributed by atoms with Crippen LogP contribution in [0.25, 0.3) is 0 Å². The van der Waals surface area contributed by atoms with Crippen molar-refractivity contribution in [1.82, 2.24) is 4.31 Å². The second-order valence-corrected chi connectivity index (χ2v) is 9.93. The molecule has 2 aromatic carbocycles. The molecule has 0 unspecified atom stereocenters. The fraction of sp³-hybridized carbons (Fsp3) is 0.435. The van der Waals surface area contributed by atoms with Crippen molar-refractivity contribution in [3.8, 4) is 0 Å². The molecule has 5 nitrogen and oxygen atoms in total. The maximum Gasteiger partial charge on any atom is 0.309 e. The maximum absolute atomic E-state index is 13.0. The smallest absolute Gasteiger partial charge is 0.309 e. The Morgan fingerprint density at radius 2 is 1.79 bits per heavy atom. The van der Waals surface area contributed by atoms with Crippen LogP contribution < -0.4 is 0 Å². The van der Waals surface area contributed by atoms with Crippen molar-refractivity contribution >= 4 is 16.0 Å². The minimum absolute atomic E-state index is 0.233. The number of fused-ring (bicyclic) bond motifs is 1. The monoisotopic (exact) mass is 413 g/mol. The van der Waals surface area contributed by atoms with Crippen LogP contribution in [0.2, 0.25) is 0 Å². The third-order valence-electron chi connectivity index (χ3n) is 6.13. The lowest BCUT2D eigenvalue weighted by molar-refractivity contribution is -0.151. The SMILES string of the molecule is Cc1ccccc1COC(=O)C1CCN(S(=O)(=O)c2ccc3c(c2)CCC3)CC1. The van der Waals surface area contributed by atoms with E-state index in [1.807, 2.05) is 43.3 Å². The highest BCUT2D eigenvalue weighted by Crippen LogP contribution is 2.29. The maximum atomic E-state index is 13.0. The fourth-order valence-electron chi connectivity index (χ4n) is 4.23. The van der Waals surface area contributed by atoms with Gasteiger partial charge in [-0.15, -0.1) is 0 Å². The number of rotatable bonds is 5. The molecule has 0 atom stereocenters. The van der Waals surface area contributed by atoms with E-state index in [-0.39, 0.29) is 18.5 Å². The Morgan fingerprint density at radius 1 is 1.07 bits per heavy atom. The van der Waals surface area contributed by atoms with Crippen molar-refractivity contribution in [2.75, 3.05) is 13.1 Å². The average Bonchev–Trinajstić information content (AvgIpc) is 3.21. The van der Waals surface area contributed by atoms with Crippen molar-refractivity contribution in [3.63, 3.8) is 0 Å². The van der Waals surface area contributed by atoms with Gasteiger partial charge in [-0.25, -0.2) is 8.42 Å². The molecule has 2 aliphatic rings. The van der Waals surface area contributed by atoms with E-state index in [4.69, 9.17) is 4.74 Å². The van der Waals surface area contributed by atoms with Gasteiger partial charge in [-0.05, 0) is 73.4 Å². The zero-order valence-electron chi connectivity index (χ0n) is 16.8. The van der Waals surface area contributed by atoms with E-state index >= 15 is 0 Å². The summed E-state index contributed by atoms with van der Waals surface area (Å²) in [6, 6.07) is 13.3. The van der Waals surface area contributed by atoms with E-state index in [1.165, 1.54) is 9.87 Å². The molecule has 0 bridgehead atoms. The standard InChI is InChI=1S/C23H27NO4S/c1-17-5-2-3-6-21(17)16-28-23(25)19-11-13-24(14-12-19)29(26,27)22-10-9-18-7-4-8-20(18)15-22/h2-3,5-6,9-10,15,19H,4,7-8,11-14,16H2,1H3. The molecule has 2 aromatic rings. The lowest BCUT2D eigenvalue weighted by atomic mass is 9.98. The predicted molar refractivity (Wildman–Crippen MR) is 111 cm³/mol. The quantitative estimate of drug-likeness (QED) is 0.702. The van der Waals surface area contributed by atoms with E-state index in [0.29, 0.717) is 30.8 Å². The van der Waals surface area contributed by atoms with E-state index in [2.05, 4.69) is 0 Å². The van der Waals surface area contributed by atoms with Gasteiger partial charge in [0.1, 0.15) is 6.61 Å². The van der Waals surface area contributed by atoms with E-state index in [1.54, 1.807) is 6.07 Å². The Labute approximate surface area is 172 Å². The first-order chi connectivity index (χ1) is 13.9. The number of carbonyl (C=O) groups is 1. The van der Waals surface area contributed by atoms with Crippen molar-refractivity contribution in [1.29, 1.82) is 0 Å². The van der Waals surface area contributed by atoms with Gasteiger partial charge in [-0.1, -0.05) is 30.3 Å². The molecule has 0 saturated carbocycles. The largest absolute Gasteiger partial charge is 0.461 e. The number of benzene rings is 2. The lowest BCUT2D eigenvalue weighted by Gasteiger charge is -2.30. The minimum Gasteiger partial charge on any atom is -0.461 e. The summed E-state index contributed by atoms with van der Waals surface area (Å²) in [7, 11) is -3.51. The summed E-state index contributed by atoms with van der Waals surface area (Å²) in [6.45, 7) is 2.96. The van der Waals surface area contributed by atoms with Crippen molar-refractivity contribution < 1.29 is 17.9 Å². The highest BCUT2D eigenvalue weighted by atomic mass is 32.2. The van der Waals surface area contributed by atoms with E-state index in [0.717, 1.165) is 36.0 Å². The van der Waals surface area contributed by atoms with E-state index in [9.17, 15) is 13.2 Å². The zero-order chi connectivity index (χ0) is 20.4. The Morgan fingerprint density at radius 3 is 2.55 bits per heavy atom. The van der Waals surface area contributed by atoms with Gasteiger partial charge in [0.25, 0.3) is 0 Å². The number of aryl methyl sites for hydroxylation is 3. The molecule has 1 saturated heterocycles. The molecule has 154 valence electrons. The van der Waals surface area contributed by atoms with Crippen LogP contribution in [0.1, 0.15) is 41.5 Å². The highest BCUT2D eigenvalue weighted by Gasteiger charge is 2.33. The second-order valence-electron chi connectivity index (χ2n) is 8.00. The van der Waals surface area contributed by atoms with Crippen molar-refractivity contribution in [3.05, 3.63) is 64.7 Å². The van der Waals surface area contributed by atoms with Crippen LogP contribution >= 0.6 is 0 Å². The Balaban J connectivity index is 1.35. The van der Waals surface area contributed by atoms with Crippen LogP contribution in [-0.2, 0) is 39.0 Å². The van der Waals surface area contributed by atoms with Crippen LogP contribution in [0.3, 0.4) is 0 Å². The number of piperidine rings is 1. The Kier molecular flexibility index (Phi) is 5.74. The molecule has 1 aliphatic carbocycles. The van der Waals surface area contributed by atoms with Gasteiger partial charge in [-0.2, -0.15) is 4.31 Å². The molecule has 1 fully saturated rings. The van der Waals surface area contributed by atoms with Crippen LogP contribution in [-0.4, -0.2) is 31.8 Å². The molecule has 1 aliphatic heterocycles. The number of hydrogen-bond donors (Lipinski definition) is 0. The third kappa shape index (κ3) is 4.23. The Hall–Kier alpha value is -2.18. The molecule has 0 N–H and O–H groups in total. The number of carbonyl (C=O) groups excluding carboxylic acids is 1. The van der Waals surface area contributed by atoms with Crippen LogP contribution in [0, 0.1) is 12.8 Å². The fourth-order valence-corrected chi connectivity index (χ4v) is 5.75. The van der Waals surface area contributed by atoms with Gasteiger partial charge in [0.05, 0.1) is 10.8 Å². The average molecular weight is 414 g/mol. The lowest BCUT2D eigenvalue weighted by Crippen LogP contribution is -2.40. The highest BCUT2D eigenvalue weighted by molar-refractivity contribution is 7.89. The van der Waals surface area contributed by atoms with Gasteiger partial charge in [-0.3, -0.25) is 4.79 Å². The van der Waals surface area contributed by atoms with Crippen molar-refractivity contribution in [2.45, 2.75) is 50.5 Å². The summed E-state index contributed by atoms with van der Waals surface area (Å²) in [4.78, 5) is 12.8. The number of hydrogen-bond acceptors (Lipinski definition) is 4. The topological polar surface area (TPSA) is 63.7 Å². The number of ether oxygens (including phenoxy) is 1. The molecule has 0 radical (unpaired) electrons. The molecule has 1 heterocycles. The van der Waals surface area contributed by atoms with Gasteiger partial charge >= 0.3 is 5.97 Å². The molecule has 0 spiro atoms. The zero-order valence-corrected chi connectivity index (χ0v) is 17.6. The van der Waals surface area contributed by atoms with Crippen LogP contribution in [0.15, 0.2) is 47.4 Å². The molecular formula is C23H27NO4S. The molecule has 29 heavy (non-hydrogen) atoms. The summed E-state index contributed by atoms with van der Waals surface area (Å²) >= 11 is 0. The van der Waals surface area contributed by atoms with Gasteiger partial charge in [0.15, 0.2) is 0 Å². The molecule has 0 aromatic heterocycles. The van der Waals surface area contributed by atoms with Crippen LogP contribution in [0.4, 0.5) is 0 Å². The summed E-state index contributed by atoms with van der Waals surface area (Å²) in [5.41, 5.74) is 4.51. The molecule has 0 amide bonds. The third-order valence-corrected chi connectivity index (χ3v) is 8.02. The van der Waals surface area contributed by atoms with Crippen LogP contribution in [0.5, 0.6) is 0 Å². The number of sulfonamides is 1. The summed E-state index contributed by atoms with van der Waals surface area (Å²) < 4.78 is 33.0. The first kappa shape index (κ1) is 20.1. The normalized spacial score (nSPS) is 17.8. The molecule has 6 heteroatoms. The Bertz CT molecular complexity index is 1010. The van der Waals surface area contributed by atoms with Gasteiger partial charge < -0.3 is 4.74 Å². The van der Waals surface area contributed by atoms with Gasteiger partial charge in [0.2, 0.25) is 10.0 Å². The summed E-state index contributed by atoms with van der Waals surface area (Å²) in [6.07, 6.45) is 4.07.